The third-order valence-electron chi connectivity index (χ3n) is 4.82. The van der Waals surface area contributed by atoms with Crippen LogP contribution in [0.15, 0.2) is 60.0 Å². The van der Waals surface area contributed by atoms with Gasteiger partial charge in [0.05, 0.1) is 23.0 Å². The molecule has 0 fully saturated rings. The minimum absolute atomic E-state index is 0.0115. The van der Waals surface area contributed by atoms with E-state index < -0.39 is 0 Å². The first-order valence-electron chi connectivity index (χ1n) is 9.72. The predicted octanol–water partition coefficient (Wildman–Crippen LogP) is 4.37. The van der Waals surface area contributed by atoms with Crippen LogP contribution in [0, 0.1) is 13.8 Å². The number of aryl methyl sites for hydroxylation is 2. The molecule has 2 aromatic heterocycles. The summed E-state index contributed by atoms with van der Waals surface area (Å²) in [5.41, 5.74) is 5.20. The Bertz CT molecular complexity index is 1280. The van der Waals surface area contributed by atoms with Gasteiger partial charge in [-0.05, 0) is 56.7 Å². The van der Waals surface area contributed by atoms with Gasteiger partial charge in [0.2, 0.25) is 5.91 Å². The highest BCUT2D eigenvalue weighted by atomic mass is 32.2. The van der Waals surface area contributed by atoms with Crippen molar-refractivity contribution in [3.05, 3.63) is 71.7 Å². The Morgan fingerprint density at radius 2 is 1.84 bits per heavy atom. The highest BCUT2D eigenvalue weighted by molar-refractivity contribution is 8.00. The summed E-state index contributed by atoms with van der Waals surface area (Å²) in [4.78, 5) is 32.5. The molecule has 0 aliphatic rings. The zero-order valence-corrected chi connectivity index (χ0v) is 18.2. The average molecular weight is 432 g/mol. The average Bonchev–Trinajstić information content (AvgIpc) is 3.17. The van der Waals surface area contributed by atoms with E-state index >= 15 is 0 Å². The number of ketones is 1. The maximum atomic E-state index is 12.4. The molecule has 2 aromatic carbocycles. The number of Topliss-reactive ketones (excluding diaryl/α,β-unsaturated/α-hetero) is 1. The molecule has 0 aliphatic heterocycles. The van der Waals surface area contributed by atoms with Crippen LogP contribution in [0.4, 0.5) is 5.69 Å². The standard InChI is InChI=1S/C23H21N5O2S/c1-14-4-9-20(15(2)10-14)28-22-19(11-26-28)23(25-13-24-22)31-12-21(30)27-18-7-5-17(6-8-18)16(3)29/h4-11,13H,12H2,1-3H3,(H,27,30). The van der Waals surface area contributed by atoms with Gasteiger partial charge in [-0.1, -0.05) is 29.5 Å². The number of amides is 1. The van der Waals surface area contributed by atoms with Crippen molar-refractivity contribution in [2.24, 2.45) is 0 Å². The molecule has 2 heterocycles. The zero-order valence-electron chi connectivity index (χ0n) is 17.4. The number of carbonyl (C=O) groups is 2. The highest BCUT2D eigenvalue weighted by Crippen LogP contribution is 2.27. The number of fused-ring (bicyclic) bond motifs is 1. The van der Waals surface area contributed by atoms with Gasteiger partial charge in [-0.15, -0.1) is 0 Å². The number of carbonyl (C=O) groups excluding carboxylic acids is 2. The van der Waals surface area contributed by atoms with E-state index in [2.05, 4.69) is 33.4 Å². The fraction of sp³-hybridized carbons (Fsp3) is 0.174. The summed E-state index contributed by atoms with van der Waals surface area (Å²) in [6.07, 6.45) is 3.22. The molecule has 0 radical (unpaired) electrons. The number of rotatable bonds is 6. The van der Waals surface area contributed by atoms with Crippen molar-refractivity contribution in [3.8, 4) is 5.69 Å². The van der Waals surface area contributed by atoms with Crippen molar-refractivity contribution in [2.45, 2.75) is 25.8 Å². The van der Waals surface area contributed by atoms with Crippen LogP contribution in [-0.2, 0) is 4.79 Å². The van der Waals surface area contributed by atoms with Crippen LogP contribution in [0.5, 0.6) is 0 Å². The van der Waals surface area contributed by atoms with Gasteiger partial charge in [-0.25, -0.2) is 14.6 Å². The lowest BCUT2D eigenvalue weighted by Gasteiger charge is -2.08. The lowest BCUT2D eigenvalue weighted by Crippen LogP contribution is -2.14. The lowest BCUT2D eigenvalue weighted by atomic mass is 10.1. The number of benzene rings is 2. The number of nitrogens with zero attached hydrogens (tertiary/aromatic N) is 4. The van der Waals surface area contributed by atoms with Gasteiger partial charge in [-0.3, -0.25) is 9.59 Å². The van der Waals surface area contributed by atoms with Crippen molar-refractivity contribution in [1.29, 1.82) is 0 Å². The summed E-state index contributed by atoms with van der Waals surface area (Å²) in [7, 11) is 0. The van der Waals surface area contributed by atoms with Crippen LogP contribution in [0.3, 0.4) is 0 Å². The molecular formula is C23H21N5O2S. The lowest BCUT2D eigenvalue weighted by molar-refractivity contribution is -0.113. The molecule has 0 saturated heterocycles. The second-order valence-corrected chi connectivity index (χ2v) is 8.20. The van der Waals surface area contributed by atoms with Crippen LogP contribution < -0.4 is 5.32 Å². The summed E-state index contributed by atoms with van der Waals surface area (Å²) >= 11 is 1.33. The van der Waals surface area contributed by atoms with Crippen molar-refractivity contribution < 1.29 is 9.59 Å². The van der Waals surface area contributed by atoms with E-state index in [0.29, 0.717) is 21.9 Å². The molecule has 156 valence electrons. The van der Waals surface area contributed by atoms with E-state index in [-0.39, 0.29) is 17.4 Å². The van der Waals surface area contributed by atoms with E-state index in [9.17, 15) is 9.59 Å². The van der Waals surface area contributed by atoms with Crippen molar-refractivity contribution in [1.82, 2.24) is 19.7 Å². The van der Waals surface area contributed by atoms with Crippen molar-refractivity contribution >= 4 is 40.2 Å². The molecule has 4 rings (SSSR count). The first-order chi connectivity index (χ1) is 14.9. The van der Waals surface area contributed by atoms with Gasteiger partial charge in [0.25, 0.3) is 0 Å². The van der Waals surface area contributed by atoms with E-state index in [4.69, 9.17) is 0 Å². The monoisotopic (exact) mass is 431 g/mol. The first kappa shape index (κ1) is 20.7. The minimum atomic E-state index is -0.158. The second-order valence-electron chi connectivity index (χ2n) is 7.23. The molecule has 0 aliphatic carbocycles. The number of anilines is 1. The molecule has 0 saturated carbocycles. The molecule has 0 unspecified atom stereocenters. The van der Waals surface area contributed by atoms with Crippen molar-refractivity contribution in [3.63, 3.8) is 0 Å². The van der Waals surface area contributed by atoms with Crippen molar-refractivity contribution in [2.75, 3.05) is 11.1 Å². The Labute approximate surface area is 183 Å². The highest BCUT2D eigenvalue weighted by Gasteiger charge is 2.14. The maximum Gasteiger partial charge on any atom is 0.234 e. The predicted molar refractivity (Wildman–Crippen MR) is 122 cm³/mol. The van der Waals surface area contributed by atoms with Gasteiger partial charge in [-0.2, -0.15) is 5.10 Å². The molecule has 1 amide bonds. The molecular weight excluding hydrogens is 410 g/mol. The van der Waals surface area contributed by atoms with Gasteiger partial charge < -0.3 is 5.32 Å². The summed E-state index contributed by atoms with van der Waals surface area (Å²) in [6, 6.07) is 13.0. The number of aromatic nitrogens is 4. The Balaban J connectivity index is 1.49. The van der Waals surface area contributed by atoms with Crippen LogP contribution in [0.25, 0.3) is 16.7 Å². The zero-order chi connectivity index (χ0) is 22.0. The molecule has 31 heavy (non-hydrogen) atoms. The summed E-state index contributed by atoms with van der Waals surface area (Å²) in [5.74, 6) is 0.0201. The number of hydrogen-bond acceptors (Lipinski definition) is 6. The quantitative estimate of drug-likeness (QED) is 0.277. The molecule has 0 atom stereocenters. The number of thioether (sulfide) groups is 1. The maximum absolute atomic E-state index is 12.4. The molecule has 1 N–H and O–H groups in total. The molecule has 0 bridgehead atoms. The van der Waals surface area contributed by atoms with Gasteiger partial charge in [0.15, 0.2) is 11.4 Å². The van der Waals surface area contributed by atoms with Crippen LogP contribution in [0.2, 0.25) is 0 Å². The Kier molecular flexibility index (Phi) is 5.81. The third kappa shape index (κ3) is 4.49. The molecule has 4 aromatic rings. The second kappa shape index (κ2) is 8.69. The fourth-order valence-corrected chi connectivity index (χ4v) is 4.04. The molecule has 8 heteroatoms. The fourth-order valence-electron chi connectivity index (χ4n) is 3.28. The van der Waals surface area contributed by atoms with E-state index in [1.54, 1.807) is 35.1 Å². The third-order valence-corrected chi connectivity index (χ3v) is 5.83. The van der Waals surface area contributed by atoms with Gasteiger partial charge in [0, 0.05) is 11.3 Å². The largest absolute Gasteiger partial charge is 0.325 e. The smallest absolute Gasteiger partial charge is 0.234 e. The topological polar surface area (TPSA) is 89.8 Å². The summed E-state index contributed by atoms with van der Waals surface area (Å²) in [6.45, 7) is 5.60. The van der Waals surface area contributed by atoms with Gasteiger partial charge in [0.1, 0.15) is 11.4 Å². The Morgan fingerprint density at radius 1 is 1.06 bits per heavy atom. The van der Waals surface area contributed by atoms with Crippen LogP contribution in [-0.4, -0.2) is 37.2 Å². The van der Waals surface area contributed by atoms with Crippen LogP contribution >= 0.6 is 11.8 Å². The molecule has 0 spiro atoms. The Morgan fingerprint density at radius 3 is 2.55 bits per heavy atom. The summed E-state index contributed by atoms with van der Waals surface area (Å²) in [5, 5.41) is 8.84. The van der Waals surface area contributed by atoms with E-state index in [1.165, 1.54) is 30.6 Å². The van der Waals surface area contributed by atoms with E-state index in [1.807, 2.05) is 19.1 Å². The Hall–Kier alpha value is -3.52. The normalized spacial score (nSPS) is 10.9. The van der Waals surface area contributed by atoms with Crippen LogP contribution in [0.1, 0.15) is 28.4 Å². The first-order valence-corrected chi connectivity index (χ1v) is 10.7. The molecule has 7 nitrogen and oxygen atoms in total. The van der Waals surface area contributed by atoms with E-state index in [0.717, 1.165) is 16.6 Å². The number of hydrogen-bond donors (Lipinski definition) is 1. The SMILES string of the molecule is CC(=O)c1ccc(NC(=O)CSc2ncnc3c2cnn3-c2ccc(C)cc2C)cc1. The number of nitrogens with one attached hydrogen (secondary N) is 1. The minimum Gasteiger partial charge on any atom is -0.325 e. The van der Waals surface area contributed by atoms with Gasteiger partial charge >= 0.3 is 0 Å². The summed E-state index contributed by atoms with van der Waals surface area (Å²) < 4.78 is 1.80.